The number of aryl methyl sites for hydroxylation is 1. The zero-order valence-electron chi connectivity index (χ0n) is 13.5. The Hall–Kier alpha value is -1.60. The highest BCUT2D eigenvalue weighted by Crippen LogP contribution is 2.40. The Morgan fingerprint density at radius 3 is 2.68 bits per heavy atom. The summed E-state index contributed by atoms with van der Waals surface area (Å²) in [4.78, 5) is 2.68. The summed E-state index contributed by atoms with van der Waals surface area (Å²) in [7, 11) is 0. The van der Waals surface area contributed by atoms with Crippen LogP contribution in [0.1, 0.15) is 41.5 Å². The summed E-state index contributed by atoms with van der Waals surface area (Å²) < 4.78 is 0. The Kier molecular flexibility index (Phi) is 3.75. The summed E-state index contributed by atoms with van der Waals surface area (Å²) in [6.07, 6.45) is 3.82. The van der Waals surface area contributed by atoms with E-state index in [1.807, 2.05) is 0 Å². The number of hydrogen-bond donors (Lipinski definition) is 0. The van der Waals surface area contributed by atoms with Crippen LogP contribution in [0.3, 0.4) is 0 Å². The first kappa shape index (κ1) is 14.0. The number of benzene rings is 2. The van der Waals surface area contributed by atoms with Crippen molar-refractivity contribution < 1.29 is 0 Å². The topological polar surface area (TPSA) is 3.24 Å². The predicted molar refractivity (Wildman–Crippen MR) is 92.1 cm³/mol. The SMILES string of the molecule is CCc1ccc2c(c1)C1CC(C2)CN(Cc2ccccc2)C1. The van der Waals surface area contributed by atoms with E-state index in [9.17, 15) is 0 Å². The Balaban J connectivity index is 1.55. The van der Waals surface area contributed by atoms with Gasteiger partial charge in [0, 0.05) is 19.6 Å². The quantitative estimate of drug-likeness (QED) is 0.809. The van der Waals surface area contributed by atoms with Gasteiger partial charge in [-0.15, -0.1) is 0 Å². The second-order valence-electron chi connectivity index (χ2n) is 7.07. The molecule has 1 fully saturated rings. The van der Waals surface area contributed by atoms with Crippen LogP contribution in [0, 0.1) is 5.92 Å². The van der Waals surface area contributed by atoms with Gasteiger partial charge in [0.2, 0.25) is 0 Å². The van der Waals surface area contributed by atoms with Gasteiger partial charge in [0.15, 0.2) is 0 Å². The number of piperidine rings is 1. The van der Waals surface area contributed by atoms with Gasteiger partial charge in [0.25, 0.3) is 0 Å². The highest BCUT2D eigenvalue weighted by atomic mass is 15.1. The van der Waals surface area contributed by atoms with Gasteiger partial charge >= 0.3 is 0 Å². The van der Waals surface area contributed by atoms with E-state index >= 15 is 0 Å². The Labute approximate surface area is 134 Å². The maximum atomic E-state index is 2.68. The molecule has 2 bridgehead atoms. The lowest BCUT2D eigenvalue weighted by molar-refractivity contribution is 0.138. The summed E-state index contributed by atoms with van der Waals surface area (Å²) in [6.45, 7) is 5.86. The smallest absolute Gasteiger partial charge is 0.0234 e. The largest absolute Gasteiger partial charge is 0.298 e. The summed E-state index contributed by atoms with van der Waals surface area (Å²) in [5, 5.41) is 0. The molecule has 2 aromatic carbocycles. The minimum absolute atomic E-state index is 0.748. The van der Waals surface area contributed by atoms with Crippen LogP contribution in [0.2, 0.25) is 0 Å². The molecule has 0 aromatic heterocycles. The van der Waals surface area contributed by atoms with Crippen LogP contribution in [0.15, 0.2) is 48.5 Å². The van der Waals surface area contributed by atoms with Crippen molar-refractivity contribution in [3.8, 4) is 0 Å². The van der Waals surface area contributed by atoms with Crippen molar-refractivity contribution in [3.63, 3.8) is 0 Å². The van der Waals surface area contributed by atoms with E-state index in [0.29, 0.717) is 0 Å². The van der Waals surface area contributed by atoms with Gasteiger partial charge < -0.3 is 0 Å². The zero-order valence-corrected chi connectivity index (χ0v) is 13.5. The maximum absolute atomic E-state index is 2.68. The molecule has 114 valence electrons. The molecule has 2 aromatic rings. The minimum Gasteiger partial charge on any atom is -0.298 e. The summed E-state index contributed by atoms with van der Waals surface area (Å²) in [5.41, 5.74) is 6.22. The molecule has 2 unspecified atom stereocenters. The third-order valence-corrected chi connectivity index (χ3v) is 5.43. The molecule has 2 aliphatic rings. The van der Waals surface area contributed by atoms with Gasteiger partial charge in [-0.1, -0.05) is 55.5 Å². The molecule has 4 rings (SSSR count). The van der Waals surface area contributed by atoms with Crippen molar-refractivity contribution in [3.05, 3.63) is 70.8 Å². The zero-order chi connectivity index (χ0) is 14.9. The van der Waals surface area contributed by atoms with E-state index in [0.717, 1.165) is 24.8 Å². The van der Waals surface area contributed by atoms with Crippen LogP contribution in [-0.4, -0.2) is 18.0 Å². The third kappa shape index (κ3) is 2.70. The van der Waals surface area contributed by atoms with E-state index in [4.69, 9.17) is 0 Å². The Bertz CT molecular complexity index is 646. The van der Waals surface area contributed by atoms with Crippen molar-refractivity contribution in [2.24, 2.45) is 5.92 Å². The monoisotopic (exact) mass is 291 g/mol. The van der Waals surface area contributed by atoms with Crippen LogP contribution in [-0.2, 0) is 19.4 Å². The summed E-state index contributed by atoms with van der Waals surface area (Å²) in [5.74, 6) is 1.60. The van der Waals surface area contributed by atoms with Gasteiger partial charge in [-0.25, -0.2) is 0 Å². The second kappa shape index (κ2) is 5.89. The van der Waals surface area contributed by atoms with E-state index in [1.54, 1.807) is 11.1 Å². The fourth-order valence-electron chi connectivity index (χ4n) is 4.39. The van der Waals surface area contributed by atoms with Crippen LogP contribution in [0.25, 0.3) is 0 Å². The standard InChI is InChI=1S/C21H25N/c1-2-16-8-9-19-10-18-11-20(21(19)12-16)15-22(14-18)13-17-6-4-3-5-7-17/h3-9,12,18,20H,2,10-11,13-15H2,1H3. The Morgan fingerprint density at radius 2 is 1.86 bits per heavy atom. The number of nitrogens with zero attached hydrogens (tertiary/aromatic N) is 1. The second-order valence-corrected chi connectivity index (χ2v) is 7.07. The average Bonchev–Trinajstić information content (AvgIpc) is 2.55. The van der Waals surface area contributed by atoms with Gasteiger partial charge in [-0.05, 0) is 53.4 Å². The molecule has 0 spiro atoms. The van der Waals surface area contributed by atoms with Crippen LogP contribution in [0.4, 0.5) is 0 Å². The molecular formula is C21H25N. The fraction of sp³-hybridized carbons (Fsp3) is 0.429. The van der Waals surface area contributed by atoms with Gasteiger partial charge in [0.05, 0.1) is 0 Å². The van der Waals surface area contributed by atoms with Gasteiger partial charge in [-0.3, -0.25) is 4.90 Å². The number of hydrogen-bond acceptors (Lipinski definition) is 1. The molecule has 1 heterocycles. The molecule has 0 radical (unpaired) electrons. The van der Waals surface area contributed by atoms with E-state index in [2.05, 4.69) is 60.4 Å². The molecule has 22 heavy (non-hydrogen) atoms. The maximum Gasteiger partial charge on any atom is 0.0234 e. The first-order valence-corrected chi connectivity index (χ1v) is 8.70. The highest BCUT2D eigenvalue weighted by Gasteiger charge is 2.33. The molecule has 1 heteroatoms. The van der Waals surface area contributed by atoms with Crippen molar-refractivity contribution in [2.75, 3.05) is 13.1 Å². The third-order valence-electron chi connectivity index (χ3n) is 5.43. The predicted octanol–water partition coefficient (Wildman–Crippen LogP) is 4.41. The van der Waals surface area contributed by atoms with Crippen LogP contribution in [0.5, 0.6) is 0 Å². The molecule has 1 saturated heterocycles. The lowest BCUT2D eigenvalue weighted by Gasteiger charge is -2.42. The number of rotatable bonds is 3. The van der Waals surface area contributed by atoms with Crippen LogP contribution < -0.4 is 0 Å². The average molecular weight is 291 g/mol. The highest BCUT2D eigenvalue weighted by molar-refractivity contribution is 5.38. The molecule has 1 nitrogen and oxygen atoms in total. The first-order valence-electron chi connectivity index (χ1n) is 8.70. The molecule has 0 saturated carbocycles. The molecule has 2 atom stereocenters. The first-order chi connectivity index (χ1) is 10.8. The van der Waals surface area contributed by atoms with Crippen molar-refractivity contribution in [1.82, 2.24) is 4.90 Å². The molecule has 0 amide bonds. The van der Waals surface area contributed by atoms with Crippen molar-refractivity contribution in [1.29, 1.82) is 0 Å². The van der Waals surface area contributed by atoms with E-state index < -0.39 is 0 Å². The molecule has 1 aliphatic carbocycles. The van der Waals surface area contributed by atoms with Crippen molar-refractivity contribution in [2.45, 2.75) is 38.6 Å². The molecular weight excluding hydrogens is 266 g/mol. The van der Waals surface area contributed by atoms with E-state index in [-0.39, 0.29) is 0 Å². The number of fused-ring (bicyclic) bond motifs is 4. The van der Waals surface area contributed by atoms with Gasteiger partial charge in [-0.2, -0.15) is 0 Å². The minimum atomic E-state index is 0.748. The molecule has 1 aliphatic heterocycles. The molecule has 0 N–H and O–H groups in total. The number of likely N-dealkylation sites (tertiary alicyclic amines) is 1. The van der Waals surface area contributed by atoms with Crippen LogP contribution >= 0.6 is 0 Å². The normalized spacial score (nSPS) is 24.0. The van der Waals surface area contributed by atoms with E-state index in [1.165, 1.54) is 37.1 Å². The lowest BCUT2D eigenvalue weighted by Crippen LogP contribution is -2.42. The fourth-order valence-corrected chi connectivity index (χ4v) is 4.39. The summed E-state index contributed by atoms with van der Waals surface area (Å²) in [6, 6.07) is 18.2. The van der Waals surface area contributed by atoms with Crippen molar-refractivity contribution >= 4 is 0 Å². The summed E-state index contributed by atoms with van der Waals surface area (Å²) >= 11 is 0. The Morgan fingerprint density at radius 1 is 1.00 bits per heavy atom. The lowest BCUT2D eigenvalue weighted by atomic mass is 9.73. The van der Waals surface area contributed by atoms with Gasteiger partial charge in [0.1, 0.15) is 0 Å².